The number of aromatic hydroxyl groups is 1. The van der Waals surface area contributed by atoms with Crippen molar-refractivity contribution in [2.45, 2.75) is 13.3 Å². The molecule has 0 aliphatic carbocycles. The van der Waals surface area contributed by atoms with Crippen LogP contribution in [-0.4, -0.2) is 17.6 Å². The van der Waals surface area contributed by atoms with Crippen molar-refractivity contribution in [3.63, 3.8) is 0 Å². The van der Waals surface area contributed by atoms with E-state index in [4.69, 9.17) is 16.3 Å². The second-order valence-corrected chi connectivity index (χ2v) is 6.66. The van der Waals surface area contributed by atoms with Crippen molar-refractivity contribution >= 4 is 23.2 Å². The number of phenols is 1. The molecule has 3 aromatic rings. The molecular weight excluding hydrogens is 362 g/mol. The molecule has 0 aliphatic rings. The first kappa shape index (κ1) is 18.8. The Bertz CT molecular complexity index is 939. The zero-order valence-electron chi connectivity index (χ0n) is 14.9. The van der Waals surface area contributed by atoms with Crippen LogP contribution >= 0.6 is 11.6 Å². The third-order valence-electron chi connectivity index (χ3n) is 4.08. The number of aryl methyl sites for hydroxylation is 1. The van der Waals surface area contributed by atoms with Crippen LogP contribution in [0.4, 0.5) is 5.69 Å². The summed E-state index contributed by atoms with van der Waals surface area (Å²) < 4.78 is 5.79. The van der Waals surface area contributed by atoms with Gasteiger partial charge in [0.1, 0.15) is 11.5 Å². The highest BCUT2D eigenvalue weighted by Crippen LogP contribution is 2.24. The van der Waals surface area contributed by atoms with Crippen LogP contribution in [0.15, 0.2) is 66.7 Å². The first-order valence-electron chi connectivity index (χ1n) is 8.59. The summed E-state index contributed by atoms with van der Waals surface area (Å²) in [6.45, 7) is 2.60. The van der Waals surface area contributed by atoms with E-state index in [1.807, 2.05) is 6.07 Å². The summed E-state index contributed by atoms with van der Waals surface area (Å²) in [5, 5.41) is 13.0. The highest BCUT2D eigenvalue weighted by Gasteiger charge is 2.12. The molecule has 3 rings (SSSR count). The molecule has 0 saturated carbocycles. The Morgan fingerprint density at radius 3 is 2.63 bits per heavy atom. The summed E-state index contributed by atoms with van der Waals surface area (Å²) in [7, 11) is 0. The first-order chi connectivity index (χ1) is 13.0. The third-order valence-corrected chi connectivity index (χ3v) is 4.31. The van der Waals surface area contributed by atoms with Gasteiger partial charge in [0.05, 0.1) is 12.2 Å². The molecular formula is C22H20ClNO3. The molecule has 0 heterocycles. The lowest BCUT2D eigenvalue weighted by Crippen LogP contribution is -2.12. The molecule has 3 aromatic carbocycles. The number of benzene rings is 3. The van der Waals surface area contributed by atoms with Gasteiger partial charge in [-0.1, -0.05) is 47.5 Å². The van der Waals surface area contributed by atoms with E-state index in [1.54, 1.807) is 18.2 Å². The van der Waals surface area contributed by atoms with Gasteiger partial charge in [-0.2, -0.15) is 0 Å². The van der Waals surface area contributed by atoms with Crippen molar-refractivity contribution in [1.82, 2.24) is 0 Å². The fourth-order valence-corrected chi connectivity index (χ4v) is 2.77. The minimum atomic E-state index is -0.438. The van der Waals surface area contributed by atoms with E-state index in [0.29, 0.717) is 23.1 Å². The number of amides is 1. The van der Waals surface area contributed by atoms with E-state index in [0.717, 1.165) is 6.42 Å². The van der Waals surface area contributed by atoms with Crippen LogP contribution in [0.2, 0.25) is 5.02 Å². The lowest BCUT2D eigenvalue weighted by atomic mass is 10.1. The maximum Gasteiger partial charge on any atom is 0.259 e. The van der Waals surface area contributed by atoms with Gasteiger partial charge in [0, 0.05) is 23.2 Å². The summed E-state index contributed by atoms with van der Waals surface area (Å²) in [5.74, 6) is 0.101. The van der Waals surface area contributed by atoms with E-state index in [1.165, 1.54) is 29.3 Å². The molecule has 0 aromatic heterocycles. The number of hydrogen-bond donors (Lipinski definition) is 2. The summed E-state index contributed by atoms with van der Waals surface area (Å²) in [4.78, 5) is 12.4. The third kappa shape index (κ3) is 5.25. The quantitative estimate of drug-likeness (QED) is 0.614. The molecule has 0 bridgehead atoms. The summed E-state index contributed by atoms with van der Waals surface area (Å²) in [6.07, 6.45) is 0.799. The van der Waals surface area contributed by atoms with Gasteiger partial charge in [-0.05, 0) is 42.8 Å². The Balaban J connectivity index is 1.60. The van der Waals surface area contributed by atoms with Gasteiger partial charge in [-0.3, -0.25) is 4.79 Å². The molecule has 4 nitrogen and oxygen atoms in total. The van der Waals surface area contributed by atoms with Gasteiger partial charge in [-0.25, -0.2) is 0 Å². The number of anilines is 1. The van der Waals surface area contributed by atoms with Crippen molar-refractivity contribution in [3.8, 4) is 11.5 Å². The van der Waals surface area contributed by atoms with Crippen LogP contribution in [0.3, 0.4) is 0 Å². The minimum absolute atomic E-state index is 0.119. The molecule has 2 N–H and O–H groups in total. The number of carbonyl (C=O) groups excluding carboxylic acids is 1. The van der Waals surface area contributed by atoms with E-state index < -0.39 is 5.91 Å². The average molecular weight is 382 g/mol. The number of halogens is 1. The molecule has 27 heavy (non-hydrogen) atoms. The van der Waals surface area contributed by atoms with E-state index in [-0.39, 0.29) is 11.3 Å². The largest absolute Gasteiger partial charge is 0.507 e. The van der Waals surface area contributed by atoms with Crippen LogP contribution in [0, 0.1) is 6.92 Å². The van der Waals surface area contributed by atoms with Crippen molar-refractivity contribution in [2.75, 3.05) is 11.9 Å². The zero-order valence-corrected chi connectivity index (χ0v) is 15.7. The Morgan fingerprint density at radius 2 is 1.85 bits per heavy atom. The van der Waals surface area contributed by atoms with Crippen LogP contribution < -0.4 is 10.1 Å². The Morgan fingerprint density at radius 1 is 1.07 bits per heavy atom. The molecule has 0 spiro atoms. The number of carbonyl (C=O) groups is 1. The predicted molar refractivity (Wildman–Crippen MR) is 108 cm³/mol. The summed E-state index contributed by atoms with van der Waals surface area (Å²) in [6, 6.07) is 19.8. The van der Waals surface area contributed by atoms with E-state index in [9.17, 15) is 9.90 Å². The van der Waals surface area contributed by atoms with E-state index in [2.05, 4.69) is 36.5 Å². The maximum absolute atomic E-state index is 12.4. The molecule has 1 amide bonds. The highest BCUT2D eigenvalue weighted by atomic mass is 35.5. The van der Waals surface area contributed by atoms with Crippen LogP contribution in [0.1, 0.15) is 21.5 Å². The van der Waals surface area contributed by atoms with Crippen molar-refractivity contribution in [2.24, 2.45) is 0 Å². The number of phenolic OH excluding ortho intramolecular Hbond substituents is 1. The SMILES string of the molecule is Cc1ccc(CCOc2cccc(NC(=O)c3cc(Cl)ccc3O)c2)cc1. The molecule has 0 saturated heterocycles. The number of ether oxygens (including phenoxy) is 1. The van der Waals surface area contributed by atoms with Crippen LogP contribution in [0.25, 0.3) is 0 Å². The van der Waals surface area contributed by atoms with Gasteiger partial charge >= 0.3 is 0 Å². The fourth-order valence-electron chi connectivity index (χ4n) is 2.59. The summed E-state index contributed by atoms with van der Waals surface area (Å²) in [5.41, 5.74) is 3.13. The zero-order chi connectivity index (χ0) is 19.2. The van der Waals surface area contributed by atoms with Crippen molar-refractivity contribution < 1.29 is 14.6 Å². The van der Waals surface area contributed by atoms with Gasteiger partial charge in [-0.15, -0.1) is 0 Å². The van der Waals surface area contributed by atoms with Crippen LogP contribution in [0.5, 0.6) is 11.5 Å². The standard InChI is InChI=1S/C22H20ClNO3/c1-15-5-7-16(8-6-15)11-12-27-19-4-2-3-18(14-19)24-22(26)20-13-17(23)9-10-21(20)25/h2-10,13-14,25H,11-12H2,1H3,(H,24,26). The van der Waals surface area contributed by atoms with Gasteiger partial charge in [0.25, 0.3) is 5.91 Å². The van der Waals surface area contributed by atoms with Crippen LogP contribution in [-0.2, 0) is 6.42 Å². The molecule has 5 heteroatoms. The number of nitrogens with one attached hydrogen (secondary N) is 1. The Hall–Kier alpha value is -2.98. The summed E-state index contributed by atoms with van der Waals surface area (Å²) >= 11 is 5.89. The monoisotopic (exact) mass is 381 g/mol. The number of hydrogen-bond acceptors (Lipinski definition) is 3. The average Bonchev–Trinajstić information content (AvgIpc) is 2.65. The molecule has 0 atom stereocenters. The van der Waals surface area contributed by atoms with Gasteiger partial charge in [0.2, 0.25) is 0 Å². The Labute approximate surface area is 163 Å². The second-order valence-electron chi connectivity index (χ2n) is 6.23. The lowest BCUT2D eigenvalue weighted by Gasteiger charge is -2.10. The van der Waals surface area contributed by atoms with Crippen molar-refractivity contribution in [1.29, 1.82) is 0 Å². The predicted octanol–water partition coefficient (Wildman–Crippen LogP) is 5.23. The second kappa shape index (κ2) is 8.60. The Kier molecular flexibility index (Phi) is 5.99. The van der Waals surface area contributed by atoms with Gasteiger partial charge in [0.15, 0.2) is 0 Å². The smallest absolute Gasteiger partial charge is 0.259 e. The van der Waals surface area contributed by atoms with Crippen molar-refractivity contribution in [3.05, 3.63) is 88.4 Å². The number of rotatable bonds is 6. The fraction of sp³-hybridized carbons (Fsp3) is 0.136. The van der Waals surface area contributed by atoms with E-state index >= 15 is 0 Å². The topological polar surface area (TPSA) is 58.6 Å². The molecule has 0 unspecified atom stereocenters. The first-order valence-corrected chi connectivity index (χ1v) is 8.97. The van der Waals surface area contributed by atoms with Gasteiger partial charge < -0.3 is 15.2 Å². The minimum Gasteiger partial charge on any atom is -0.507 e. The lowest BCUT2D eigenvalue weighted by molar-refractivity contribution is 0.102. The maximum atomic E-state index is 12.4. The normalized spacial score (nSPS) is 10.4. The molecule has 138 valence electrons. The molecule has 0 fully saturated rings. The molecule has 0 radical (unpaired) electrons. The highest BCUT2D eigenvalue weighted by molar-refractivity contribution is 6.31. The molecule has 0 aliphatic heterocycles.